The van der Waals surface area contributed by atoms with E-state index in [0.29, 0.717) is 5.75 Å². The largest absolute Gasteiger partial charge is 0.491 e. The van der Waals surface area contributed by atoms with Crippen LogP contribution in [0.5, 0.6) is 5.75 Å². The van der Waals surface area contributed by atoms with Crippen LogP contribution in [0.25, 0.3) is 5.69 Å². The van der Waals surface area contributed by atoms with E-state index in [-0.39, 0.29) is 41.7 Å². The topological polar surface area (TPSA) is 84.4 Å². The van der Waals surface area contributed by atoms with Gasteiger partial charge in [-0.2, -0.15) is 13.2 Å². The van der Waals surface area contributed by atoms with Gasteiger partial charge in [0.15, 0.2) is 5.78 Å². The van der Waals surface area contributed by atoms with Crippen molar-refractivity contribution in [3.05, 3.63) is 87.5 Å². The van der Waals surface area contributed by atoms with Crippen LogP contribution in [0, 0.1) is 12.3 Å². The van der Waals surface area contributed by atoms with Gasteiger partial charge in [0.25, 0.3) is 11.5 Å². The standard InChI is InChI=1S/C30H30F3N3O4/c1-17(2)40-21-13-11-20(12-14-21)36-26(38)24(18(3)34-36)29(30(31,32)33)25-22(15-28(4,5)16-23(25)37)35(27(29)39)19-9-7-6-8-10-19/h6-14,17,34H,15-16H2,1-5H3. The molecule has 210 valence electrons. The Labute approximate surface area is 229 Å². The number of nitrogens with zero attached hydrogens (tertiary/aromatic N) is 2. The van der Waals surface area contributed by atoms with Crippen molar-refractivity contribution in [1.82, 2.24) is 9.78 Å². The Morgan fingerprint density at radius 3 is 2.12 bits per heavy atom. The second-order valence-corrected chi connectivity index (χ2v) is 11.4. The Kier molecular flexibility index (Phi) is 6.35. The maximum Gasteiger partial charge on any atom is 0.411 e. The van der Waals surface area contributed by atoms with Crippen LogP contribution in [0.4, 0.5) is 18.9 Å². The number of benzene rings is 2. The number of carbonyl (C=O) groups is 2. The van der Waals surface area contributed by atoms with Gasteiger partial charge in [-0.15, -0.1) is 0 Å². The fraction of sp³-hybridized carbons (Fsp3) is 0.367. The Morgan fingerprint density at radius 1 is 0.925 bits per heavy atom. The summed E-state index contributed by atoms with van der Waals surface area (Å²) in [5.74, 6) is -1.65. The van der Waals surface area contributed by atoms with Crippen molar-refractivity contribution in [2.75, 3.05) is 4.90 Å². The average Bonchev–Trinajstić information content (AvgIpc) is 3.28. The van der Waals surface area contributed by atoms with Crippen LogP contribution >= 0.6 is 0 Å². The zero-order valence-corrected chi connectivity index (χ0v) is 22.8. The van der Waals surface area contributed by atoms with E-state index in [1.165, 1.54) is 31.2 Å². The lowest BCUT2D eigenvalue weighted by atomic mass is 9.66. The molecule has 10 heteroatoms. The highest BCUT2D eigenvalue weighted by Crippen LogP contribution is 2.58. The third-order valence-electron chi connectivity index (χ3n) is 7.37. The highest BCUT2D eigenvalue weighted by Gasteiger charge is 2.73. The molecule has 1 N–H and O–H groups in total. The number of rotatable bonds is 5. The predicted octanol–water partition coefficient (Wildman–Crippen LogP) is 5.75. The lowest BCUT2D eigenvalue weighted by Crippen LogP contribution is -2.55. The number of aromatic amines is 1. The number of aromatic nitrogens is 2. The summed E-state index contributed by atoms with van der Waals surface area (Å²) in [5.41, 5.74) is -6.39. The molecule has 2 aliphatic rings. The molecule has 2 heterocycles. The van der Waals surface area contributed by atoms with Gasteiger partial charge in [0.05, 0.1) is 17.4 Å². The van der Waals surface area contributed by atoms with Crippen LogP contribution in [0.2, 0.25) is 0 Å². The number of halogens is 3. The number of H-pyrrole nitrogens is 1. The number of anilines is 1. The summed E-state index contributed by atoms with van der Waals surface area (Å²) in [6, 6.07) is 14.2. The third-order valence-corrected chi connectivity index (χ3v) is 7.37. The van der Waals surface area contributed by atoms with Crippen molar-refractivity contribution in [2.24, 2.45) is 5.41 Å². The van der Waals surface area contributed by atoms with Gasteiger partial charge in [0.1, 0.15) is 5.75 Å². The predicted molar refractivity (Wildman–Crippen MR) is 144 cm³/mol. The fourth-order valence-electron chi connectivity index (χ4n) is 5.90. The third kappa shape index (κ3) is 4.08. The zero-order valence-electron chi connectivity index (χ0n) is 22.8. The molecule has 0 spiro atoms. The summed E-state index contributed by atoms with van der Waals surface area (Å²) < 4.78 is 53.1. The number of amides is 1. The smallest absolute Gasteiger partial charge is 0.411 e. The highest BCUT2D eigenvalue weighted by molar-refractivity contribution is 6.20. The fourth-order valence-corrected chi connectivity index (χ4v) is 5.90. The van der Waals surface area contributed by atoms with Crippen LogP contribution in [0.3, 0.4) is 0 Å². The monoisotopic (exact) mass is 553 g/mol. The summed E-state index contributed by atoms with van der Waals surface area (Å²) in [6.07, 6.45) is -5.51. The van der Waals surface area contributed by atoms with Gasteiger partial charge >= 0.3 is 6.18 Å². The minimum atomic E-state index is -5.29. The molecule has 1 atom stereocenters. The summed E-state index contributed by atoms with van der Waals surface area (Å²) in [7, 11) is 0. The summed E-state index contributed by atoms with van der Waals surface area (Å²) in [4.78, 5) is 42.7. The number of carbonyl (C=O) groups excluding carboxylic acids is 2. The molecule has 1 amide bonds. The lowest BCUT2D eigenvalue weighted by molar-refractivity contribution is -0.184. The Bertz CT molecular complexity index is 1580. The van der Waals surface area contributed by atoms with Crippen molar-refractivity contribution in [1.29, 1.82) is 0 Å². The van der Waals surface area contributed by atoms with E-state index in [2.05, 4.69) is 5.10 Å². The first-order valence-corrected chi connectivity index (χ1v) is 13.0. The number of Topliss-reactive ketones (excluding diaryl/α,β-unsaturated/α-hetero) is 1. The van der Waals surface area contributed by atoms with Gasteiger partial charge in [0, 0.05) is 29.1 Å². The van der Waals surface area contributed by atoms with E-state index < -0.39 is 45.4 Å². The molecule has 2 aromatic carbocycles. The van der Waals surface area contributed by atoms with Gasteiger partial charge in [-0.3, -0.25) is 24.4 Å². The highest BCUT2D eigenvalue weighted by atomic mass is 19.4. The van der Waals surface area contributed by atoms with Gasteiger partial charge in [-0.1, -0.05) is 32.0 Å². The van der Waals surface area contributed by atoms with Crippen molar-refractivity contribution >= 4 is 17.4 Å². The molecule has 1 aliphatic carbocycles. The SMILES string of the molecule is Cc1[nH]n(-c2ccc(OC(C)C)cc2)c(=O)c1C1(C(F)(F)F)C(=O)N(c2ccccc2)C2=C1C(=O)CC(C)(C)C2. The van der Waals surface area contributed by atoms with Crippen molar-refractivity contribution in [3.63, 3.8) is 0 Å². The molecule has 7 nitrogen and oxygen atoms in total. The van der Waals surface area contributed by atoms with Crippen molar-refractivity contribution in [2.45, 2.75) is 65.2 Å². The van der Waals surface area contributed by atoms with Crippen LogP contribution in [-0.4, -0.2) is 33.8 Å². The average molecular weight is 554 g/mol. The van der Waals surface area contributed by atoms with Crippen molar-refractivity contribution < 1.29 is 27.5 Å². The molecule has 0 radical (unpaired) electrons. The van der Waals surface area contributed by atoms with Gasteiger partial charge in [0.2, 0.25) is 5.41 Å². The molecular weight excluding hydrogens is 523 g/mol. The Hall–Kier alpha value is -4.08. The maximum atomic E-state index is 15.5. The zero-order chi connectivity index (χ0) is 29.2. The summed E-state index contributed by atoms with van der Waals surface area (Å²) in [5, 5.41) is 2.72. The first-order chi connectivity index (χ1) is 18.7. The van der Waals surface area contributed by atoms with E-state index in [0.717, 1.165) is 9.58 Å². The molecule has 3 aromatic rings. The second kappa shape index (κ2) is 9.25. The number of para-hydroxylation sites is 1. The van der Waals surface area contributed by atoms with Crippen LogP contribution in [0.1, 0.15) is 51.8 Å². The molecule has 0 fully saturated rings. The number of allylic oxidation sites excluding steroid dienone is 1. The molecule has 40 heavy (non-hydrogen) atoms. The minimum Gasteiger partial charge on any atom is -0.491 e. The quantitative estimate of drug-likeness (QED) is 0.436. The molecule has 1 aliphatic heterocycles. The van der Waals surface area contributed by atoms with Gasteiger partial charge in [-0.25, -0.2) is 4.68 Å². The second-order valence-electron chi connectivity index (χ2n) is 11.4. The number of hydrogen-bond donors (Lipinski definition) is 1. The summed E-state index contributed by atoms with van der Waals surface area (Å²) >= 11 is 0. The number of ether oxygens (including phenoxy) is 1. The summed E-state index contributed by atoms with van der Waals surface area (Å²) in [6.45, 7) is 8.56. The normalized spacial score (nSPS) is 20.9. The number of hydrogen-bond acceptors (Lipinski definition) is 4. The Morgan fingerprint density at radius 2 is 1.55 bits per heavy atom. The van der Waals surface area contributed by atoms with Gasteiger partial charge in [-0.05, 0) is 69.0 Å². The van der Waals surface area contributed by atoms with Crippen molar-refractivity contribution in [3.8, 4) is 11.4 Å². The first kappa shape index (κ1) is 27.5. The lowest BCUT2D eigenvalue weighted by Gasteiger charge is -2.35. The number of ketones is 1. The molecule has 0 saturated heterocycles. The maximum absolute atomic E-state index is 15.5. The first-order valence-electron chi connectivity index (χ1n) is 13.0. The van der Waals surface area contributed by atoms with Crippen LogP contribution in [0.15, 0.2) is 70.7 Å². The number of nitrogens with one attached hydrogen (secondary N) is 1. The van der Waals surface area contributed by atoms with Crippen LogP contribution in [-0.2, 0) is 15.0 Å². The number of alkyl halides is 3. The minimum absolute atomic E-state index is 0.0171. The van der Waals surface area contributed by atoms with Gasteiger partial charge < -0.3 is 4.74 Å². The van der Waals surface area contributed by atoms with E-state index in [1.54, 1.807) is 44.2 Å². The molecular formula is C30H30F3N3O4. The van der Waals surface area contributed by atoms with E-state index in [4.69, 9.17) is 4.74 Å². The number of aryl methyl sites for hydroxylation is 1. The molecule has 0 bridgehead atoms. The Balaban J connectivity index is 1.78. The molecule has 0 saturated carbocycles. The van der Waals surface area contributed by atoms with E-state index >= 15 is 13.2 Å². The molecule has 5 rings (SSSR count). The van der Waals surface area contributed by atoms with E-state index in [9.17, 15) is 14.4 Å². The van der Waals surface area contributed by atoms with Crippen LogP contribution < -0.4 is 15.2 Å². The molecule has 1 unspecified atom stereocenters. The molecule has 1 aromatic heterocycles. The van der Waals surface area contributed by atoms with E-state index in [1.807, 2.05) is 13.8 Å².